The number of aromatic nitrogens is 1. The van der Waals surface area contributed by atoms with Crippen LogP contribution < -0.4 is 15.6 Å². The van der Waals surface area contributed by atoms with Gasteiger partial charge in [-0.05, 0) is 60.6 Å². The lowest BCUT2D eigenvalue weighted by atomic mass is 9.72. The molecule has 1 aromatic heterocycles. The first kappa shape index (κ1) is 22.2. The standard InChI is InChI=1S/C25H21F3N2O4/c26-25(27,28)17-3-5-19-15(12-24(6-1-7-24)34-21(19)10-17)9-22(32)29-18-4-2-14-8-16(13-31)23(33)30-20(14)11-18/h2-5,8-11,31H,1,6-7,12-13H2,(H,29,32)(H,30,33). The minimum absolute atomic E-state index is 0.141. The molecular weight excluding hydrogens is 449 g/mol. The molecule has 1 saturated carbocycles. The van der Waals surface area contributed by atoms with Crippen molar-refractivity contribution >= 4 is 28.1 Å². The summed E-state index contributed by atoms with van der Waals surface area (Å²) in [5.41, 5.74) is 0.497. The van der Waals surface area contributed by atoms with E-state index in [0.29, 0.717) is 34.1 Å². The largest absolute Gasteiger partial charge is 0.486 e. The number of amides is 1. The first-order chi connectivity index (χ1) is 16.2. The number of anilines is 1. The van der Waals surface area contributed by atoms with Gasteiger partial charge in [-0.15, -0.1) is 0 Å². The molecule has 5 rings (SSSR count). The van der Waals surface area contributed by atoms with Crippen molar-refractivity contribution < 1.29 is 27.8 Å². The lowest BCUT2D eigenvalue weighted by Gasteiger charge is -2.46. The lowest BCUT2D eigenvalue weighted by molar-refractivity contribution is -0.138. The maximum Gasteiger partial charge on any atom is 0.416 e. The van der Waals surface area contributed by atoms with Crippen molar-refractivity contribution in [1.82, 2.24) is 4.98 Å². The number of halogens is 3. The highest BCUT2D eigenvalue weighted by atomic mass is 19.4. The molecule has 0 bridgehead atoms. The van der Waals surface area contributed by atoms with Gasteiger partial charge in [0.1, 0.15) is 11.4 Å². The van der Waals surface area contributed by atoms with Crippen molar-refractivity contribution in [3.8, 4) is 5.75 Å². The Balaban J connectivity index is 1.45. The summed E-state index contributed by atoms with van der Waals surface area (Å²) in [6.45, 7) is -0.380. The van der Waals surface area contributed by atoms with E-state index in [2.05, 4.69) is 10.3 Å². The first-order valence-corrected chi connectivity index (χ1v) is 10.8. The molecular formula is C25H21F3N2O4. The number of hydrogen-bond acceptors (Lipinski definition) is 4. The van der Waals surface area contributed by atoms with Crippen LogP contribution in [0.5, 0.6) is 5.75 Å². The zero-order chi connectivity index (χ0) is 24.1. The van der Waals surface area contributed by atoms with Crippen LogP contribution in [0.4, 0.5) is 18.9 Å². The minimum Gasteiger partial charge on any atom is -0.486 e. The summed E-state index contributed by atoms with van der Waals surface area (Å²) in [6.07, 6.45) is -0.296. The molecule has 0 atom stereocenters. The van der Waals surface area contributed by atoms with Gasteiger partial charge in [-0.25, -0.2) is 0 Å². The van der Waals surface area contributed by atoms with Gasteiger partial charge in [0.2, 0.25) is 5.91 Å². The number of hydrogen-bond donors (Lipinski definition) is 3. The molecule has 1 aliphatic heterocycles. The molecule has 9 heteroatoms. The van der Waals surface area contributed by atoms with E-state index < -0.39 is 28.8 Å². The van der Waals surface area contributed by atoms with Gasteiger partial charge in [-0.1, -0.05) is 12.1 Å². The molecule has 2 heterocycles. The normalized spacial score (nSPS) is 17.8. The number of fused-ring (bicyclic) bond motifs is 2. The molecule has 3 N–H and O–H groups in total. The summed E-state index contributed by atoms with van der Waals surface area (Å²) in [6, 6.07) is 9.90. The van der Waals surface area contributed by atoms with Gasteiger partial charge < -0.3 is 20.1 Å². The van der Waals surface area contributed by atoms with E-state index in [1.54, 1.807) is 24.3 Å². The molecule has 0 saturated heterocycles. The van der Waals surface area contributed by atoms with E-state index in [1.807, 2.05) is 0 Å². The summed E-state index contributed by atoms with van der Waals surface area (Å²) >= 11 is 0. The minimum atomic E-state index is -4.49. The summed E-state index contributed by atoms with van der Waals surface area (Å²) in [7, 11) is 0. The SMILES string of the molecule is O=C(C=C1CC2(CCC2)Oc2cc(C(F)(F)F)ccc21)Nc1ccc2cc(CO)c(=O)[nH]c2c1. The van der Waals surface area contributed by atoms with E-state index in [4.69, 9.17) is 4.74 Å². The highest BCUT2D eigenvalue weighted by Gasteiger charge is 2.44. The van der Waals surface area contributed by atoms with Crippen LogP contribution in [-0.2, 0) is 17.6 Å². The maximum atomic E-state index is 13.2. The Hall–Kier alpha value is -3.59. The number of aromatic amines is 1. The van der Waals surface area contributed by atoms with Crippen LogP contribution >= 0.6 is 0 Å². The topological polar surface area (TPSA) is 91.4 Å². The molecule has 176 valence electrons. The van der Waals surface area contributed by atoms with Gasteiger partial charge in [0.05, 0.1) is 17.7 Å². The Labute approximate surface area is 192 Å². The summed E-state index contributed by atoms with van der Waals surface area (Å²) in [4.78, 5) is 27.5. The van der Waals surface area contributed by atoms with E-state index in [-0.39, 0.29) is 17.9 Å². The van der Waals surface area contributed by atoms with Gasteiger partial charge in [-0.2, -0.15) is 13.2 Å². The van der Waals surface area contributed by atoms with E-state index in [1.165, 1.54) is 12.1 Å². The Morgan fingerprint density at radius 3 is 2.65 bits per heavy atom. The molecule has 1 spiro atoms. The summed E-state index contributed by atoms with van der Waals surface area (Å²) < 4.78 is 45.6. The van der Waals surface area contributed by atoms with Crippen molar-refractivity contribution in [3.63, 3.8) is 0 Å². The van der Waals surface area contributed by atoms with Gasteiger partial charge in [0.15, 0.2) is 0 Å². The third-order valence-electron chi connectivity index (χ3n) is 6.42. The first-order valence-electron chi connectivity index (χ1n) is 10.8. The fourth-order valence-corrected chi connectivity index (χ4v) is 4.52. The summed E-state index contributed by atoms with van der Waals surface area (Å²) in [5.74, 6) is -0.298. The Morgan fingerprint density at radius 2 is 1.97 bits per heavy atom. The van der Waals surface area contributed by atoms with E-state index in [9.17, 15) is 27.9 Å². The second-order valence-electron chi connectivity index (χ2n) is 8.77. The van der Waals surface area contributed by atoms with Crippen LogP contribution in [0.25, 0.3) is 16.5 Å². The quantitative estimate of drug-likeness (QED) is 0.481. The molecule has 1 aliphatic carbocycles. The summed E-state index contributed by atoms with van der Waals surface area (Å²) in [5, 5.41) is 12.7. The zero-order valence-electron chi connectivity index (χ0n) is 18.0. The van der Waals surface area contributed by atoms with Crippen molar-refractivity contribution in [2.75, 3.05) is 5.32 Å². The average molecular weight is 470 g/mol. The van der Waals surface area contributed by atoms with Gasteiger partial charge >= 0.3 is 6.18 Å². The maximum absolute atomic E-state index is 13.2. The molecule has 1 amide bonds. The number of nitrogens with one attached hydrogen (secondary N) is 2. The number of carbonyl (C=O) groups excluding carboxylic acids is 1. The highest BCUT2D eigenvalue weighted by Crippen LogP contribution is 2.50. The highest BCUT2D eigenvalue weighted by molar-refractivity contribution is 6.05. The molecule has 2 aromatic carbocycles. The number of H-pyrrole nitrogens is 1. The number of ether oxygens (including phenoxy) is 1. The Bertz CT molecular complexity index is 1390. The third-order valence-corrected chi connectivity index (χ3v) is 6.42. The molecule has 34 heavy (non-hydrogen) atoms. The van der Waals surface area contributed by atoms with Crippen LogP contribution in [0.15, 0.2) is 53.3 Å². The number of aliphatic hydroxyl groups excluding tert-OH is 1. The van der Waals surface area contributed by atoms with Crippen LogP contribution in [0.2, 0.25) is 0 Å². The van der Waals surface area contributed by atoms with Crippen molar-refractivity contribution in [1.29, 1.82) is 0 Å². The molecule has 2 aliphatic rings. The number of aliphatic hydroxyl groups is 1. The average Bonchev–Trinajstić information content (AvgIpc) is 2.76. The van der Waals surface area contributed by atoms with Gasteiger partial charge in [0, 0.05) is 29.3 Å². The van der Waals surface area contributed by atoms with Crippen LogP contribution in [-0.4, -0.2) is 21.6 Å². The van der Waals surface area contributed by atoms with Gasteiger partial charge in [0.25, 0.3) is 5.56 Å². The van der Waals surface area contributed by atoms with E-state index >= 15 is 0 Å². The number of carbonyl (C=O) groups is 1. The van der Waals surface area contributed by atoms with Crippen LogP contribution in [0, 0.1) is 0 Å². The molecule has 0 unspecified atom stereocenters. The molecule has 0 radical (unpaired) electrons. The third kappa shape index (κ3) is 4.07. The monoisotopic (exact) mass is 470 g/mol. The predicted octanol–water partition coefficient (Wildman–Crippen LogP) is 4.77. The van der Waals surface area contributed by atoms with Crippen LogP contribution in [0.1, 0.15) is 42.4 Å². The fourth-order valence-electron chi connectivity index (χ4n) is 4.52. The zero-order valence-corrected chi connectivity index (χ0v) is 18.0. The van der Waals surface area contributed by atoms with E-state index in [0.717, 1.165) is 31.4 Å². The molecule has 3 aromatic rings. The van der Waals surface area contributed by atoms with Crippen molar-refractivity contribution in [3.05, 3.63) is 75.6 Å². The predicted molar refractivity (Wildman–Crippen MR) is 120 cm³/mol. The lowest BCUT2D eigenvalue weighted by Crippen LogP contribution is -2.45. The fraction of sp³-hybridized carbons (Fsp3) is 0.280. The second-order valence-corrected chi connectivity index (χ2v) is 8.77. The Kier molecular flexibility index (Phi) is 5.24. The number of pyridine rings is 1. The number of benzene rings is 2. The Morgan fingerprint density at radius 1 is 1.18 bits per heavy atom. The molecule has 1 fully saturated rings. The van der Waals surface area contributed by atoms with Gasteiger partial charge in [-0.3, -0.25) is 9.59 Å². The number of alkyl halides is 3. The van der Waals surface area contributed by atoms with Crippen LogP contribution in [0.3, 0.4) is 0 Å². The van der Waals surface area contributed by atoms with Crippen molar-refractivity contribution in [2.45, 2.75) is 44.1 Å². The second kappa shape index (κ2) is 8.02. The molecule has 6 nitrogen and oxygen atoms in total. The van der Waals surface area contributed by atoms with Crippen molar-refractivity contribution in [2.24, 2.45) is 0 Å². The number of rotatable bonds is 3. The smallest absolute Gasteiger partial charge is 0.416 e.